The van der Waals surface area contributed by atoms with Gasteiger partial charge in [0, 0.05) is 18.6 Å². The van der Waals surface area contributed by atoms with Crippen molar-refractivity contribution in [3.63, 3.8) is 0 Å². The summed E-state index contributed by atoms with van der Waals surface area (Å²) in [6.07, 6.45) is 13.1. The number of likely N-dealkylation sites (tertiary alicyclic amines) is 1. The van der Waals surface area contributed by atoms with E-state index in [1.165, 1.54) is 64.3 Å². The van der Waals surface area contributed by atoms with Crippen LogP contribution in [0, 0.1) is 11.8 Å². The van der Waals surface area contributed by atoms with Crippen LogP contribution in [-0.4, -0.2) is 30.1 Å². The summed E-state index contributed by atoms with van der Waals surface area (Å²) in [6.45, 7) is 2.23. The summed E-state index contributed by atoms with van der Waals surface area (Å²) < 4.78 is 0. The predicted molar refractivity (Wildman–Crippen MR) is 71.9 cm³/mol. The highest BCUT2D eigenvalue weighted by atomic mass is 15.2. The normalized spacial score (nSPS) is 34.1. The zero-order chi connectivity index (χ0) is 11.7. The maximum Gasteiger partial charge on any atom is 0.0249 e. The van der Waals surface area contributed by atoms with Crippen LogP contribution >= 0.6 is 0 Å². The molecule has 2 aliphatic carbocycles. The standard InChI is InChI=1S/C15H28N2/c16-11-15(13-7-3-8-13)17-10-4-9-14(17)12-5-1-2-6-12/h12-15H,1-11,16H2. The fourth-order valence-corrected chi connectivity index (χ4v) is 4.50. The minimum Gasteiger partial charge on any atom is -0.329 e. The fourth-order valence-electron chi connectivity index (χ4n) is 4.50. The molecule has 0 aromatic carbocycles. The molecule has 2 unspecified atom stereocenters. The third-order valence-corrected chi connectivity index (χ3v) is 5.65. The van der Waals surface area contributed by atoms with Gasteiger partial charge in [0.1, 0.15) is 0 Å². The van der Waals surface area contributed by atoms with E-state index in [0.29, 0.717) is 0 Å². The zero-order valence-electron chi connectivity index (χ0n) is 11.1. The summed E-state index contributed by atoms with van der Waals surface area (Å²) in [7, 11) is 0. The van der Waals surface area contributed by atoms with Crippen LogP contribution in [-0.2, 0) is 0 Å². The summed E-state index contributed by atoms with van der Waals surface area (Å²) in [5.74, 6) is 1.94. The second-order valence-electron chi connectivity index (χ2n) is 6.49. The molecular formula is C15H28N2. The van der Waals surface area contributed by atoms with Gasteiger partial charge in [0.05, 0.1) is 0 Å². The van der Waals surface area contributed by atoms with E-state index in [9.17, 15) is 0 Å². The van der Waals surface area contributed by atoms with E-state index in [4.69, 9.17) is 5.73 Å². The van der Waals surface area contributed by atoms with E-state index in [1.807, 2.05) is 0 Å². The zero-order valence-corrected chi connectivity index (χ0v) is 11.1. The molecule has 0 bridgehead atoms. The van der Waals surface area contributed by atoms with Crippen molar-refractivity contribution in [1.29, 1.82) is 0 Å². The number of hydrogen-bond acceptors (Lipinski definition) is 2. The van der Waals surface area contributed by atoms with Gasteiger partial charge in [-0.2, -0.15) is 0 Å². The van der Waals surface area contributed by atoms with Crippen LogP contribution < -0.4 is 5.73 Å². The van der Waals surface area contributed by atoms with Gasteiger partial charge in [0.25, 0.3) is 0 Å². The molecular weight excluding hydrogens is 208 g/mol. The van der Waals surface area contributed by atoms with E-state index in [2.05, 4.69) is 4.90 Å². The van der Waals surface area contributed by atoms with E-state index in [0.717, 1.165) is 30.5 Å². The van der Waals surface area contributed by atoms with Gasteiger partial charge < -0.3 is 5.73 Å². The summed E-state index contributed by atoms with van der Waals surface area (Å²) in [6, 6.07) is 1.61. The molecule has 1 aliphatic heterocycles. The Morgan fingerprint density at radius 2 is 1.71 bits per heavy atom. The minimum atomic E-state index is 0.719. The van der Waals surface area contributed by atoms with Crippen LogP contribution in [0.15, 0.2) is 0 Å². The highest BCUT2D eigenvalue weighted by Crippen LogP contribution is 2.40. The van der Waals surface area contributed by atoms with Crippen LogP contribution in [0.25, 0.3) is 0 Å². The van der Waals surface area contributed by atoms with Crippen molar-refractivity contribution in [1.82, 2.24) is 4.90 Å². The molecule has 0 amide bonds. The van der Waals surface area contributed by atoms with Crippen LogP contribution in [0.2, 0.25) is 0 Å². The molecule has 17 heavy (non-hydrogen) atoms. The first-order valence-electron chi connectivity index (χ1n) is 7.86. The van der Waals surface area contributed by atoms with Crippen LogP contribution in [0.5, 0.6) is 0 Å². The Bertz CT molecular complexity index is 243. The van der Waals surface area contributed by atoms with Crippen LogP contribution in [0.4, 0.5) is 0 Å². The largest absolute Gasteiger partial charge is 0.329 e. The van der Waals surface area contributed by atoms with Gasteiger partial charge in [0.2, 0.25) is 0 Å². The fraction of sp³-hybridized carbons (Fsp3) is 1.00. The highest BCUT2D eigenvalue weighted by Gasteiger charge is 2.40. The number of nitrogens with two attached hydrogens (primary N) is 1. The van der Waals surface area contributed by atoms with Crippen LogP contribution in [0.1, 0.15) is 57.8 Å². The third kappa shape index (κ3) is 2.26. The molecule has 3 rings (SSSR count). The molecule has 0 aromatic rings. The van der Waals surface area contributed by atoms with Gasteiger partial charge >= 0.3 is 0 Å². The van der Waals surface area contributed by atoms with E-state index < -0.39 is 0 Å². The summed E-state index contributed by atoms with van der Waals surface area (Å²) in [5, 5.41) is 0. The third-order valence-electron chi connectivity index (χ3n) is 5.65. The maximum atomic E-state index is 6.08. The molecule has 1 saturated heterocycles. The maximum absolute atomic E-state index is 6.08. The number of hydrogen-bond donors (Lipinski definition) is 1. The Morgan fingerprint density at radius 1 is 0.941 bits per heavy atom. The number of nitrogens with zero attached hydrogens (tertiary/aromatic N) is 1. The molecule has 0 radical (unpaired) electrons. The molecule has 2 heteroatoms. The Morgan fingerprint density at radius 3 is 2.29 bits per heavy atom. The van der Waals surface area contributed by atoms with Gasteiger partial charge in [-0.1, -0.05) is 19.3 Å². The quantitative estimate of drug-likeness (QED) is 0.813. The Labute approximate surface area is 106 Å². The first-order valence-corrected chi connectivity index (χ1v) is 7.86. The Hall–Kier alpha value is -0.0800. The average Bonchev–Trinajstić information content (AvgIpc) is 2.91. The molecule has 2 N–H and O–H groups in total. The predicted octanol–water partition coefficient (Wildman–Crippen LogP) is 2.77. The molecule has 2 saturated carbocycles. The summed E-state index contributed by atoms with van der Waals surface area (Å²) >= 11 is 0. The van der Waals surface area contributed by atoms with Gasteiger partial charge in [-0.25, -0.2) is 0 Å². The SMILES string of the molecule is NCC(C1CCC1)N1CCCC1C1CCCC1. The molecule has 3 fully saturated rings. The van der Waals surface area contributed by atoms with Crippen molar-refractivity contribution in [3.05, 3.63) is 0 Å². The first kappa shape index (κ1) is 12.0. The molecule has 2 atom stereocenters. The monoisotopic (exact) mass is 236 g/mol. The molecule has 3 aliphatic rings. The lowest BCUT2D eigenvalue weighted by atomic mass is 9.78. The van der Waals surface area contributed by atoms with Crippen LogP contribution in [0.3, 0.4) is 0 Å². The van der Waals surface area contributed by atoms with Crippen molar-refractivity contribution >= 4 is 0 Å². The van der Waals surface area contributed by atoms with Crippen molar-refractivity contribution in [2.45, 2.75) is 69.9 Å². The van der Waals surface area contributed by atoms with E-state index in [-0.39, 0.29) is 0 Å². The van der Waals surface area contributed by atoms with Crippen molar-refractivity contribution in [3.8, 4) is 0 Å². The lowest BCUT2D eigenvalue weighted by Gasteiger charge is -2.43. The van der Waals surface area contributed by atoms with Crippen molar-refractivity contribution in [2.24, 2.45) is 17.6 Å². The second-order valence-corrected chi connectivity index (χ2v) is 6.49. The van der Waals surface area contributed by atoms with Crippen molar-refractivity contribution < 1.29 is 0 Å². The highest BCUT2D eigenvalue weighted by molar-refractivity contribution is 4.95. The molecule has 0 spiro atoms. The van der Waals surface area contributed by atoms with Crippen molar-refractivity contribution in [2.75, 3.05) is 13.1 Å². The summed E-state index contributed by atoms with van der Waals surface area (Å²) in [4.78, 5) is 2.83. The van der Waals surface area contributed by atoms with E-state index in [1.54, 1.807) is 0 Å². The molecule has 98 valence electrons. The van der Waals surface area contributed by atoms with Gasteiger partial charge in [-0.05, 0) is 56.9 Å². The topological polar surface area (TPSA) is 29.3 Å². The lowest BCUT2D eigenvalue weighted by Crippen LogP contribution is -2.51. The second kappa shape index (κ2) is 5.27. The lowest BCUT2D eigenvalue weighted by molar-refractivity contribution is 0.0674. The summed E-state index contributed by atoms with van der Waals surface area (Å²) in [5.41, 5.74) is 6.08. The van der Waals surface area contributed by atoms with Gasteiger partial charge in [-0.15, -0.1) is 0 Å². The minimum absolute atomic E-state index is 0.719. The van der Waals surface area contributed by atoms with Gasteiger partial charge in [0.15, 0.2) is 0 Å². The Balaban J connectivity index is 1.66. The van der Waals surface area contributed by atoms with Gasteiger partial charge in [-0.3, -0.25) is 4.90 Å². The smallest absolute Gasteiger partial charge is 0.0249 e. The molecule has 0 aromatic heterocycles. The Kier molecular flexibility index (Phi) is 3.72. The average molecular weight is 236 g/mol. The molecule has 1 heterocycles. The van der Waals surface area contributed by atoms with E-state index >= 15 is 0 Å². The first-order chi connectivity index (χ1) is 8.40. The number of rotatable bonds is 4. The molecule has 2 nitrogen and oxygen atoms in total.